The maximum absolute atomic E-state index is 5.90. The lowest BCUT2D eigenvalue weighted by Gasteiger charge is -2.06. The third-order valence-corrected chi connectivity index (χ3v) is 4.71. The van der Waals surface area contributed by atoms with Crippen molar-refractivity contribution in [1.29, 1.82) is 0 Å². The van der Waals surface area contributed by atoms with Gasteiger partial charge in [0.1, 0.15) is 10.5 Å². The molecule has 0 aliphatic rings. The molecule has 0 spiro atoms. The zero-order valence-electron chi connectivity index (χ0n) is 13.3. The third-order valence-electron chi connectivity index (χ3n) is 3.67. The second-order valence-electron chi connectivity index (χ2n) is 5.48. The second-order valence-corrected chi connectivity index (χ2v) is 6.44. The van der Waals surface area contributed by atoms with Crippen molar-refractivity contribution in [3.63, 3.8) is 0 Å². The lowest BCUT2D eigenvalue weighted by atomic mass is 10.2. The number of thioether (sulfide) groups is 1. The molecule has 2 heterocycles. The number of hydrogen-bond acceptors (Lipinski definition) is 5. The minimum absolute atomic E-state index is 0.310. The maximum atomic E-state index is 5.90. The van der Waals surface area contributed by atoms with Gasteiger partial charge >= 0.3 is 0 Å². The number of anilines is 1. The van der Waals surface area contributed by atoms with Gasteiger partial charge in [-0.15, -0.1) is 0 Å². The number of nitrogens with zero attached hydrogens (tertiary/aromatic N) is 4. The predicted molar refractivity (Wildman–Crippen MR) is 95.3 cm³/mol. The second kappa shape index (κ2) is 7.46. The summed E-state index contributed by atoms with van der Waals surface area (Å²) in [4.78, 5) is 13.3. The first-order valence-electron chi connectivity index (χ1n) is 7.93. The molecule has 120 valence electrons. The van der Waals surface area contributed by atoms with Crippen molar-refractivity contribution in [1.82, 2.24) is 19.5 Å². The van der Waals surface area contributed by atoms with Crippen molar-refractivity contribution >= 4 is 28.9 Å². The first kappa shape index (κ1) is 15.8. The Labute approximate surface area is 140 Å². The number of hydrogen-bond donors (Lipinski definition) is 1. The van der Waals surface area contributed by atoms with Crippen molar-refractivity contribution in [3.8, 4) is 0 Å². The first-order valence-corrected chi connectivity index (χ1v) is 8.91. The number of nitrogens with two attached hydrogens (primary N) is 1. The molecule has 3 rings (SSSR count). The highest BCUT2D eigenvalue weighted by atomic mass is 32.2. The van der Waals surface area contributed by atoms with Crippen LogP contribution in [0.1, 0.15) is 31.7 Å². The number of rotatable bonds is 7. The van der Waals surface area contributed by atoms with Crippen LogP contribution in [0.4, 0.5) is 5.95 Å². The fourth-order valence-electron chi connectivity index (χ4n) is 2.46. The largest absolute Gasteiger partial charge is 0.368 e. The summed E-state index contributed by atoms with van der Waals surface area (Å²) in [6, 6.07) is 10.3. The van der Waals surface area contributed by atoms with Gasteiger partial charge in [-0.2, -0.15) is 4.98 Å². The van der Waals surface area contributed by atoms with E-state index in [1.165, 1.54) is 18.4 Å². The van der Waals surface area contributed by atoms with Crippen molar-refractivity contribution in [2.24, 2.45) is 0 Å². The highest BCUT2D eigenvalue weighted by Crippen LogP contribution is 2.27. The van der Waals surface area contributed by atoms with E-state index in [2.05, 4.69) is 38.6 Å². The molecule has 0 saturated carbocycles. The summed E-state index contributed by atoms with van der Waals surface area (Å²) >= 11 is 1.65. The molecule has 0 unspecified atom stereocenters. The van der Waals surface area contributed by atoms with Crippen LogP contribution in [0.5, 0.6) is 0 Å². The molecule has 3 aromatic rings. The lowest BCUT2D eigenvalue weighted by molar-refractivity contribution is 0.610. The van der Waals surface area contributed by atoms with E-state index in [0.29, 0.717) is 5.95 Å². The molecule has 0 aliphatic heterocycles. The van der Waals surface area contributed by atoms with E-state index in [9.17, 15) is 0 Å². The molecule has 1 aromatic carbocycles. The van der Waals surface area contributed by atoms with Crippen LogP contribution in [0.2, 0.25) is 0 Å². The Morgan fingerprint density at radius 3 is 2.74 bits per heavy atom. The summed E-state index contributed by atoms with van der Waals surface area (Å²) < 4.78 is 2.08. The van der Waals surface area contributed by atoms with Gasteiger partial charge in [-0.05, 0) is 12.0 Å². The fraction of sp³-hybridized carbons (Fsp3) is 0.353. The molecule has 0 amide bonds. The van der Waals surface area contributed by atoms with Crippen molar-refractivity contribution in [2.45, 2.75) is 43.5 Å². The fourth-order valence-corrected chi connectivity index (χ4v) is 3.39. The summed E-state index contributed by atoms with van der Waals surface area (Å²) in [5.74, 6) is 1.15. The molecule has 2 aromatic heterocycles. The molecular weight excluding hydrogens is 306 g/mol. The van der Waals surface area contributed by atoms with Gasteiger partial charge in [0.2, 0.25) is 5.95 Å². The number of unbranched alkanes of at least 4 members (excludes halogenated alkanes) is 2. The number of aryl methyl sites for hydroxylation is 1. The van der Waals surface area contributed by atoms with Crippen molar-refractivity contribution in [2.75, 3.05) is 5.73 Å². The molecule has 0 bridgehead atoms. The van der Waals surface area contributed by atoms with Gasteiger partial charge in [-0.25, -0.2) is 9.97 Å². The Hall–Kier alpha value is -2.08. The van der Waals surface area contributed by atoms with E-state index < -0.39 is 0 Å². The number of imidazole rings is 1. The molecule has 0 fully saturated rings. The number of benzene rings is 1. The molecule has 2 N–H and O–H groups in total. The van der Waals surface area contributed by atoms with Crippen LogP contribution in [0, 0.1) is 0 Å². The summed E-state index contributed by atoms with van der Waals surface area (Å²) in [5, 5.41) is 0.852. The van der Waals surface area contributed by atoms with Crippen molar-refractivity contribution < 1.29 is 0 Å². The van der Waals surface area contributed by atoms with Crippen LogP contribution < -0.4 is 5.73 Å². The number of aromatic nitrogens is 4. The Balaban J connectivity index is 1.82. The van der Waals surface area contributed by atoms with E-state index >= 15 is 0 Å². The topological polar surface area (TPSA) is 69.6 Å². The van der Waals surface area contributed by atoms with E-state index in [4.69, 9.17) is 5.73 Å². The summed E-state index contributed by atoms with van der Waals surface area (Å²) in [6.45, 7) is 3.12. The van der Waals surface area contributed by atoms with Crippen molar-refractivity contribution in [3.05, 3.63) is 42.2 Å². The highest BCUT2D eigenvalue weighted by Gasteiger charge is 2.12. The van der Waals surface area contributed by atoms with E-state index in [0.717, 1.165) is 34.9 Å². The SMILES string of the molecule is CCCCCn1cnc2c(SCc3ccccc3)nc(N)nc21. The third kappa shape index (κ3) is 3.82. The average Bonchev–Trinajstić information content (AvgIpc) is 2.97. The minimum atomic E-state index is 0.310. The van der Waals surface area contributed by atoms with E-state index in [1.807, 2.05) is 24.5 Å². The highest BCUT2D eigenvalue weighted by molar-refractivity contribution is 7.98. The van der Waals surface area contributed by atoms with Crippen LogP contribution in [-0.2, 0) is 12.3 Å². The normalized spacial score (nSPS) is 11.2. The van der Waals surface area contributed by atoms with Gasteiger partial charge in [0.05, 0.1) is 6.33 Å². The molecule has 0 radical (unpaired) electrons. The number of fused-ring (bicyclic) bond motifs is 1. The van der Waals surface area contributed by atoms with Gasteiger partial charge in [0.15, 0.2) is 5.65 Å². The zero-order chi connectivity index (χ0) is 16.1. The Morgan fingerprint density at radius 2 is 1.96 bits per heavy atom. The van der Waals surface area contributed by atoms with Gasteiger partial charge < -0.3 is 10.3 Å². The van der Waals surface area contributed by atoms with Crippen LogP contribution in [0.15, 0.2) is 41.7 Å². The molecule has 23 heavy (non-hydrogen) atoms. The quantitative estimate of drug-likeness (QED) is 0.405. The van der Waals surface area contributed by atoms with E-state index in [-0.39, 0.29) is 0 Å². The van der Waals surface area contributed by atoms with Gasteiger partial charge in [0, 0.05) is 12.3 Å². The molecule has 0 saturated heterocycles. The monoisotopic (exact) mass is 327 g/mol. The standard InChI is InChI=1S/C17H21N5S/c1-2-3-7-10-22-12-19-14-15(22)20-17(18)21-16(14)23-11-13-8-5-4-6-9-13/h4-6,8-9,12H,2-3,7,10-11H2,1H3,(H2,18,20,21). The van der Waals surface area contributed by atoms with Crippen LogP contribution in [-0.4, -0.2) is 19.5 Å². The van der Waals surface area contributed by atoms with E-state index in [1.54, 1.807) is 11.8 Å². The van der Waals surface area contributed by atoms with Crippen LogP contribution in [0.25, 0.3) is 11.2 Å². The summed E-state index contributed by atoms with van der Waals surface area (Å²) in [7, 11) is 0. The van der Waals surface area contributed by atoms with Gasteiger partial charge in [-0.3, -0.25) is 0 Å². The van der Waals surface area contributed by atoms with Crippen LogP contribution >= 0.6 is 11.8 Å². The Kier molecular flexibility index (Phi) is 5.12. The Morgan fingerprint density at radius 1 is 1.13 bits per heavy atom. The summed E-state index contributed by atoms with van der Waals surface area (Å²) in [5.41, 5.74) is 8.84. The molecule has 6 heteroatoms. The average molecular weight is 327 g/mol. The maximum Gasteiger partial charge on any atom is 0.223 e. The van der Waals surface area contributed by atoms with Crippen LogP contribution in [0.3, 0.4) is 0 Å². The van der Waals surface area contributed by atoms with Gasteiger partial charge in [0.25, 0.3) is 0 Å². The summed E-state index contributed by atoms with van der Waals surface area (Å²) in [6.07, 6.45) is 5.37. The minimum Gasteiger partial charge on any atom is -0.368 e. The molecule has 5 nitrogen and oxygen atoms in total. The lowest BCUT2D eigenvalue weighted by Crippen LogP contribution is -2.02. The van der Waals surface area contributed by atoms with Gasteiger partial charge in [-0.1, -0.05) is 61.9 Å². The first-order chi connectivity index (χ1) is 11.3. The molecular formula is C17H21N5S. The zero-order valence-corrected chi connectivity index (χ0v) is 14.1. The Bertz CT molecular complexity index is 769. The number of nitrogen functional groups attached to an aromatic ring is 1. The smallest absolute Gasteiger partial charge is 0.223 e. The predicted octanol–water partition coefficient (Wildman–Crippen LogP) is 3.89. The molecule has 0 aliphatic carbocycles. The molecule has 0 atom stereocenters.